The number of benzene rings is 2. The predicted molar refractivity (Wildman–Crippen MR) is 156 cm³/mol. The van der Waals surface area contributed by atoms with E-state index < -0.39 is 5.97 Å². The smallest absolute Gasteiger partial charge is 0.335 e. The van der Waals surface area contributed by atoms with Gasteiger partial charge < -0.3 is 19.3 Å². The summed E-state index contributed by atoms with van der Waals surface area (Å²) in [6.45, 7) is 6.12. The van der Waals surface area contributed by atoms with Gasteiger partial charge in [0.2, 0.25) is 0 Å². The van der Waals surface area contributed by atoms with Crippen molar-refractivity contribution >= 4 is 52.2 Å². The number of ether oxygens (including phenoxy) is 1. The minimum Gasteiger partial charge on any atom is -0.478 e. The number of carboxylic acid groups (broad SMARTS) is 1. The predicted octanol–water partition coefficient (Wildman–Crippen LogP) is 7.92. The van der Waals surface area contributed by atoms with E-state index in [9.17, 15) is 9.90 Å². The number of nitrogens with zero attached hydrogens (tertiary/aromatic N) is 2. The van der Waals surface area contributed by atoms with E-state index in [0.717, 1.165) is 67.1 Å². The zero-order valence-corrected chi connectivity index (χ0v) is 24.0. The monoisotopic (exact) mass is 584 g/mol. The fourth-order valence-corrected chi connectivity index (χ4v) is 7.23. The summed E-state index contributed by atoms with van der Waals surface area (Å²) in [6, 6.07) is 11.5. The molecule has 3 aliphatic rings. The van der Waals surface area contributed by atoms with E-state index in [1.807, 2.05) is 36.6 Å². The standard InChI is InChI=1S/C30H30Cl2N2O4S/c1-17(29(35)36)21-9-8-19(12-25(21)39-2)34-11-10-30(16-34)13-20(14-30)37-15-22-27(33-38-28(22)18-6-7-18)26-23(31)4-3-5-24(26)32/h3-5,8-9,12,18,20H,1,6-7,10-11,13-16H2,2H3,(H,35,36). The second-order valence-corrected chi connectivity index (χ2v) is 12.6. The highest BCUT2D eigenvalue weighted by Crippen LogP contribution is 2.52. The van der Waals surface area contributed by atoms with Gasteiger partial charge in [-0.1, -0.05) is 47.1 Å². The van der Waals surface area contributed by atoms with Crippen LogP contribution in [-0.2, 0) is 16.1 Å². The van der Waals surface area contributed by atoms with Gasteiger partial charge in [0.25, 0.3) is 0 Å². The van der Waals surface area contributed by atoms with Crippen LogP contribution in [0.4, 0.5) is 5.69 Å². The highest BCUT2D eigenvalue weighted by molar-refractivity contribution is 7.98. The Kier molecular flexibility index (Phi) is 7.21. The Morgan fingerprint density at radius 2 is 2.00 bits per heavy atom. The molecule has 1 saturated heterocycles. The van der Waals surface area contributed by atoms with E-state index in [1.165, 1.54) is 0 Å². The summed E-state index contributed by atoms with van der Waals surface area (Å²) in [5.74, 6) is 0.310. The maximum Gasteiger partial charge on any atom is 0.335 e. The highest BCUT2D eigenvalue weighted by Gasteiger charge is 2.49. The van der Waals surface area contributed by atoms with Gasteiger partial charge in [-0.3, -0.25) is 0 Å². The van der Waals surface area contributed by atoms with Gasteiger partial charge in [-0.2, -0.15) is 0 Å². The number of anilines is 1. The van der Waals surface area contributed by atoms with Crippen molar-refractivity contribution in [2.75, 3.05) is 24.2 Å². The fourth-order valence-electron chi connectivity index (χ4n) is 6.00. The third-order valence-electron chi connectivity index (χ3n) is 8.32. The molecule has 2 heterocycles. The third-order valence-corrected chi connectivity index (χ3v) is 9.73. The van der Waals surface area contributed by atoms with Crippen molar-refractivity contribution in [3.8, 4) is 11.3 Å². The molecule has 1 spiro atoms. The van der Waals surface area contributed by atoms with Gasteiger partial charge in [-0.15, -0.1) is 11.8 Å². The number of aromatic nitrogens is 1. The van der Waals surface area contributed by atoms with Crippen LogP contribution < -0.4 is 4.90 Å². The molecule has 0 atom stereocenters. The molecule has 6 rings (SSSR count). The molecule has 0 amide bonds. The molecule has 1 aromatic heterocycles. The van der Waals surface area contributed by atoms with Gasteiger partial charge >= 0.3 is 5.97 Å². The molecule has 1 aliphatic heterocycles. The number of rotatable bonds is 9. The van der Waals surface area contributed by atoms with Gasteiger partial charge in [-0.25, -0.2) is 4.79 Å². The van der Waals surface area contributed by atoms with Crippen LogP contribution in [0.15, 0.2) is 52.4 Å². The van der Waals surface area contributed by atoms with E-state index in [0.29, 0.717) is 39.4 Å². The van der Waals surface area contributed by atoms with Crippen molar-refractivity contribution < 1.29 is 19.2 Å². The molecule has 0 unspecified atom stereocenters. The second-order valence-electron chi connectivity index (χ2n) is 10.9. The van der Waals surface area contributed by atoms with Crippen molar-refractivity contribution in [1.82, 2.24) is 5.16 Å². The maximum absolute atomic E-state index is 11.4. The molecule has 204 valence electrons. The van der Waals surface area contributed by atoms with Crippen LogP contribution >= 0.6 is 35.0 Å². The molecule has 2 aromatic carbocycles. The Bertz CT molecular complexity index is 1420. The lowest BCUT2D eigenvalue weighted by Crippen LogP contribution is -2.44. The number of hydrogen-bond acceptors (Lipinski definition) is 6. The van der Waals surface area contributed by atoms with Gasteiger partial charge in [0.15, 0.2) is 0 Å². The SMILES string of the molecule is C=C(C(=O)O)c1ccc(N2CCC3(CC(OCc4c(-c5c(Cl)cccc5Cl)noc4C4CC4)C3)C2)cc1SC. The normalized spacial score (nSPS) is 22.3. The number of halogens is 2. The first-order valence-electron chi connectivity index (χ1n) is 13.2. The zero-order chi connectivity index (χ0) is 27.3. The van der Waals surface area contributed by atoms with Crippen LogP contribution in [-0.4, -0.2) is 41.7 Å². The van der Waals surface area contributed by atoms with Crippen LogP contribution in [0.5, 0.6) is 0 Å². The summed E-state index contributed by atoms with van der Waals surface area (Å²) in [4.78, 5) is 14.8. The van der Waals surface area contributed by atoms with E-state index in [-0.39, 0.29) is 17.1 Å². The summed E-state index contributed by atoms with van der Waals surface area (Å²) in [6.07, 6.45) is 7.49. The highest BCUT2D eigenvalue weighted by atomic mass is 35.5. The molecule has 2 aliphatic carbocycles. The zero-order valence-electron chi connectivity index (χ0n) is 21.7. The van der Waals surface area contributed by atoms with Crippen molar-refractivity contribution in [3.05, 3.63) is 69.9 Å². The summed E-state index contributed by atoms with van der Waals surface area (Å²) in [5, 5.41) is 14.8. The first-order chi connectivity index (χ1) is 18.8. The van der Waals surface area contributed by atoms with Crippen LogP contribution in [0.25, 0.3) is 16.8 Å². The Balaban J connectivity index is 1.11. The summed E-state index contributed by atoms with van der Waals surface area (Å²) in [7, 11) is 0. The molecule has 3 fully saturated rings. The minimum absolute atomic E-state index is 0.125. The average Bonchev–Trinajstić information content (AvgIpc) is 3.51. The largest absolute Gasteiger partial charge is 0.478 e. The molecule has 6 nitrogen and oxygen atoms in total. The van der Waals surface area contributed by atoms with Gasteiger partial charge in [0, 0.05) is 46.3 Å². The molecule has 1 N–H and O–H groups in total. The lowest BCUT2D eigenvalue weighted by molar-refractivity contribution is -0.130. The van der Waals surface area contributed by atoms with E-state index in [4.69, 9.17) is 32.5 Å². The Labute approximate surface area is 242 Å². The molecule has 39 heavy (non-hydrogen) atoms. The van der Waals surface area contributed by atoms with Crippen molar-refractivity contribution in [2.24, 2.45) is 5.41 Å². The van der Waals surface area contributed by atoms with Gasteiger partial charge in [-0.05, 0) is 68.0 Å². The fraction of sp³-hybridized carbons (Fsp3) is 0.400. The first kappa shape index (κ1) is 26.8. The topological polar surface area (TPSA) is 75.8 Å². The van der Waals surface area contributed by atoms with Crippen LogP contribution in [0.3, 0.4) is 0 Å². The number of carbonyl (C=O) groups is 1. The Morgan fingerprint density at radius 1 is 1.26 bits per heavy atom. The van der Waals surface area contributed by atoms with Crippen LogP contribution in [0.1, 0.15) is 54.9 Å². The van der Waals surface area contributed by atoms with Crippen molar-refractivity contribution in [3.63, 3.8) is 0 Å². The Hall–Kier alpha value is -2.45. The third kappa shape index (κ3) is 5.10. The first-order valence-corrected chi connectivity index (χ1v) is 15.2. The van der Waals surface area contributed by atoms with Crippen molar-refractivity contribution in [1.29, 1.82) is 0 Å². The van der Waals surface area contributed by atoms with E-state index >= 15 is 0 Å². The number of hydrogen-bond donors (Lipinski definition) is 1. The van der Waals surface area contributed by atoms with Gasteiger partial charge in [0.05, 0.1) is 28.3 Å². The summed E-state index contributed by atoms with van der Waals surface area (Å²) in [5.41, 5.74) is 4.54. The average molecular weight is 586 g/mol. The quantitative estimate of drug-likeness (QED) is 0.202. The van der Waals surface area contributed by atoms with E-state index in [1.54, 1.807) is 11.8 Å². The molecule has 2 saturated carbocycles. The lowest BCUT2D eigenvalue weighted by Gasteiger charge is -2.45. The minimum atomic E-state index is -0.990. The molecule has 9 heteroatoms. The lowest BCUT2D eigenvalue weighted by atomic mass is 9.66. The molecule has 3 aromatic rings. The summed E-state index contributed by atoms with van der Waals surface area (Å²) >= 11 is 14.6. The molecule has 0 bridgehead atoms. The number of aliphatic carboxylic acids is 1. The van der Waals surface area contributed by atoms with Crippen molar-refractivity contribution in [2.45, 2.75) is 55.6 Å². The van der Waals surface area contributed by atoms with E-state index in [2.05, 4.69) is 22.7 Å². The maximum atomic E-state index is 11.4. The van der Waals surface area contributed by atoms with Crippen LogP contribution in [0.2, 0.25) is 10.0 Å². The second kappa shape index (κ2) is 10.5. The van der Waals surface area contributed by atoms with Crippen LogP contribution in [0, 0.1) is 5.41 Å². The van der Waals surface area contributed by atoms with Gasteiger partial charge in [0.1, 0.15) is 11.5 Å². The number of carboxylic acids is 1. The Morgan fingerprint density at radius 3 is 2.67 bits per heavy atom. The molecular weight excluding hydrogens is 555 g/mol. The molecule has 0 radical (unpaired) electrons. The summed E-state index contributed by atoms with van der Waals surface area (Å²) < 4.78 is 12.2. The molecular formula is C30H30Cl2N2O4S. The number of thioether (sulfide) groups is 1.